The summed E-state index contributed by atoms with van der Waals surface area (Å²) in [7, 11) is 0. The van der Waals surface area contributed by atoms with E-state index in [0.29, 0.717) is 0 Å². The van der Waals surface area contributed by atoms with E-state index in [1.807, 2.05) is 0 Å². The van der Waals surface area contributed by atoms with Gasteiger partial charge in [0, 0.05) is 6.54 Å². The maximum absolute atomic E-state index is 10.2. The van der Waals surface area contributed by atoms with Gasteiger partial charge in [-0.25, -0.2) is 0 Å². The molecule has 0 spiro atoms. The SMILES string of the molecule is CCCN(CC)CC1(O)CCCC1. The zero-order chi connectivity index (χ0) is 9.73. The number of aliphatic hydroxyl groups is 1. The zero-order valence-electron chi connectivity index (χ0n) is 9.05. The lowest BCUT2D eigenvalue weighted by molar-refractivity contribution is 0.0108. The molecular weight excluding hydrogens is 162 g/mol. The van der Waals surface area contributed by atoms with Crippen molar-refractivity contribution < 1.29 is 5.11 Å². The van der Waals surface area contributed by atoms with Gasteiger partial charge in [-0.2, -0.15) is 0 Å². The van der Waals surface area contributed by atoms with Gasteiger partial charge in [0.2, 0.25) is 0 Å². The largest absolute Gasteiger partial charge is 0.389 e. The Labute approximate surface area is 81.9 Å². The van der Waals surface area contributed by atoms with Gasteiger partial charge in [0.05, 0.1) is 5.60 Å². The van der Waals surface area contributed by atoms with Crippen molar-refractivity contribution >= 4 is 0 Å². The van der Waals surface area contributed by atoms with Crippen LogP contribution >= 0.6 is 0 Å². The lowest BCUT2D eigenvalue weighted by Gasteiger charge is -2.30. The average molecular weight is 185 g/mol. The van der Waals surface area contributed by atoms with Gasteiger partial charge < -0.3 is 10.0 Å². The maximum Gasteiger partial charge on any atom is 0.0774 e. The normalized spacial score (nSPS) is 21.2. The van der Waals surface area contributed by atoms with Crippen molar-refractivity contribution in [2.75, 3.05) is 19.6 Å². The molecular formula is C11H23NO. The van der Waals surface area contributed by atoms with E-state index < -0.39 is 0 Å². The second-order valence-electron chi connectivity index (χ2n) is 4.30. The predicted molar refractivity (Wildman–Crippen MR) is 55.8 cm³/mol. The van der Waals surface area contributed by atoms with E-state index >= 15 is 0 Å². The van der Waals surface area contributed by atoms with Crippen LogP contribution in [-0.2, 0) is 0 Å². The Morgan fingerprint density at radius 1 is 1.23 bits per heavy atom. The Hall–Kier alpha value is -0.0800. The van der Waals surface area contributed by atoms with E-state index in [2.05, 4.69) is 18.7 Å². The molecule has 13 heavy (non-hydrogen) atoms. The van der Waals surface area contributed by atoms with E-state index in [-0.39, 0.29) is 5.60 Å². The van der Waals surface area contributed by atoms with Crippen molar-refractivity contribution in [3.05, 3.63) is 0 Å². The smallest absolute Gasteiger partial charge is 0.0774 e. The first kappa shape index (κ1) is 11.0. The minimum absolute atomic E-state index is 0.356. The molecule has 1 aliphatic rings. The van der Waals surface area contributed by atoms with Crippen LogP contribution in [0.1, 0.15) is 46.0 Å². The third-order valence-corrected chi connectivity index (χ3v) is 3.04. The molecule has 1 N–H and O–H groups in total. The number of rotatable bonds is 5. The van der Waals surface area contributed by atoms with Gasteiger partial charge in [-0.15, -0.1) is 0 Å². The highest BCUT2D eigenvalue weighted by molar-refractivity contribution is 4.87. The molecule has 1 fully saturated rings. The fraction of sp³-hybridized carbons (Fsp3) is 1.00. The topological polar surface area (TPSA) is 23.5 Å². The molecule has 0 bridgehead atoms. The second kappa shape index (κ2) is 4.97. The van der Waals surface area contributed by atoms with E-state index in [0.717, 1.165) is 32.5 Å². The number of likely N-dealkylation sites (N-methyl/N-ethyl adjacent to an activating group) is 1. The first-order chi connectivity index (χ1) is 6.20. The second-order valence-corrected chi connectivity index (χ2v) is 4.30. The Bertz CT molecular complexity index is 141. The standard InChI is InChI=1S/C11H23NO/c1-3-9-12(4-2)10-11(13)7-5-6-8-11/h13H,3-10H2,1-2H3. The molecule has 2 heteroatoms. The summed E-state index contributed by atoms with van der Waals surface area (Å²) in [4.78, 5) is 2.37. The highest BCUT2D eigenvalue weighted by Crippen LogP contribution is 2.30. The summed E-state index contributed by atoms with van der Waals surface area (Å²) in [5, 5.41) is 10.2. The van der Waals surface area contributed by atoms with Crippen molar-refractivity contribution in [2.45, 2.75) is 51.6 Å². The van der Waals surface area contributed by atoms with Crippen molar-refractivity contribution in [1.82, 2.24) is 4.90 Å². The van der Waals surface area contributed by atoms with Crippen molar-refractivity contribution in [3.8, 4) is 0 Å². The van der Waals surface area contributed by atoms with Gasteiger partial charge in [0.1, 0.15) is 0 Å². The molecule has 1 saturated carbocycles. The molecule has 0 aromatic rings. The first-order valence-electron chi connectivity index (χ1n) is 5.65. The highest BCUT2D eigenvalue weighted by Gasteiger charge is 2.32. The Kier molecular flexibility index (Phi) is 4.20. The fourth-order valence-corrected chi connectivity index (χ4v) is 2.27. The van der Waals surface area contributed by atoms with Crippen LogP contribution < -0.4 is 0 Å². The summed E-state index contributed by atoms with van der Waals surface area (Å²) in [5.41, 5.74) is -0.356. The quantitative estimate of drug-likeness (QED) is 0.708. The van der Waals surface area contributed by atoms with Crippen LogP contribution in [0.3, 0.4) is 0 Å². The van der Waals surface area contributed by atoms with Crippen molar-refractivity contribution in [1.29, 1.82) is 0 Å². The summed E-state index contributed by atoms with van der Waals surface area (Å²) in [6.45, 7) is 7.45. The predicted octanol–water partition coefficient (Wildman–Crippen LogP) is 2.02. The molecule has 0 aromatic heterocycles. The summed E-state index contributed by atoms with van der Waals surface area (Å²) >= 11 is 0. The van der Waals surface area contributed by atoms with Crippen LogP contribution in [0.25, 0.3) is 0 Å². The molecule has 0 atom stereocenters. The molecule has 0 aliphatic heterocycles. The van der Waals surface area contributed by atoms with Gasteiger partial charge >= 0.3 is 0 Å². The van der Waals surface area contributed by atoms with Crippen molar-refractivity contribution in [2.24, 2.45) is 0 Å². The van der Waals surface area contributed by atoms with Gasteiger partial charge in [-0.1, -0.05) is 26.7 Å². The first-order valence-corrected chi connectivity index (χ1v) is 5.65. The summed E-state index contributed by atoms with van der Waals surface area (Å²) < 4.78 is 0. The molecule has 2 nitrogen and oxygen atoms in total. The molecule has 0 radical (unpaired) electrons. The van der Waals surface area contributed by atoms with Gasteiger partial charge in [-0.3, -0.25) is 0 Å². The fourth-order valence-electron chi connectivity index (χ4n) is 2.27. The molecule has 0 saturated heterocycles. The molecule has 1 aliphatic carbocycles. The third-order valence-electron chi connectivity index (χ3n) is 3.04. The average Bonchev–Trinajstić information content (AvgIpc) is 2.51. The van der Waals surface area contributed by atoms with E-state index in [4.69, 9.17) is 0 Å². The van der Waals surface area contributed by atoms with Gasteiger partial charge in [0.15, 0.2) is 0 Å². The minimum atomic E-state index is -0.356. The van der Waals surface area contributed by atoms with Crippen LogP contribution in [0.5, 0.6) is 0 Å². The van der Waals surface area contributed by atoms with Crippen LogP contribution in [0.4, 0.5) is 0 Å². The molecule has 0 heterocycles. The molecule has 0 unspecified atom stereocenters. The van der Waals surface area contributed by atoms with E-state index in [1.54, 1.807) is 0 Å². The Morgan fingerprint density at radius 2 is 1.85 bits per heavy atom. The number of hydrogen-bond donors (Lipinski definition) is 1. The van der Waals surface area contributed by atoms with Gasteiger partial charge in [-0.05, 0) is 32.4 Å². The lowest BCUT2D eigenvalue weighted by Crippen LogP contribution is -2.41. The molecule has 0 amide bonds. The van der Waals surface area contributed by atoms with E-state index in [1.165, 1.54) is 19.3 Å². The molecule has 0 aromatic carbocycles. The van der Waals surface area contributed by atoms with Gasteiger partial charge in [0.25, 0.3) is 0 Å². The van der Waals surface area contributed by atoms with Crippen LogP contribution in [0.2, 0.25) is 0 Å². The number of hydrogen-bond acceptors (Lipinski definition) is 2. The number of nitrogens with zero attached hydrogens (tertiary/aromatic N) is 1. The maximum atomic E-state index is 10.2. The van der Waals surface area contributed by atoms with Crippen LogP contribution in [-0.4, -0.2) is 35.2 Å². The lowest BCUT2D eigenvalue weighted by atomic mass is 10.0. The van der Waals surface area contributed by atoms with Crippen molar-refractivity contribution in [3.63, 3.8) is 0 Å². The zero-order valence-corrected chi connectivity index (χ0v) is 9.05. The highest BCUT2D eigenvalue weighted by atomic mass is 16.3. The van der Waals surface area contributed by atoms with E-state index in [9.17, 15) is 5.11 Å². The summed E-state index contributed by atoms with van der Waals surface area (Å²) in [6.07, 6.45) is 5.62. The molecule has 78 valence electrons. The van der Waals surface area contributed by atoms with Crippen LogP contribution in [0.15, 0.2) is 0 Å². The summed E-state index contributed by atoms with van der Waals surface area (Å²) in [5.74, 6) is 0. The third kappa shape index (κ3) is 3.28. The monoisotopic (exact) mass is 185 g/mol. The Balaban J connectivity index is 2.35. The minimum Gasteiger partial charge on any atom is -0.389 e. The summed E-state index contributed by atoms with van der Waals surface area (Å²) in [6, 6.07) is 0. The van der Waals surface area contributed by atoms with Crippen LogP contribution in [0, 0.1) is 0 Å². The molecule has 1 rings (SSSR count). The Morgan fingerprint density at radius 3 is 2.31 bits per heavy atom.